The Morgan fingerprint density at radius 3 is 2.61 bits per heavy atom. The molecular formula is C24H26F3N7O2. The molecule has 12 heteroatoms. The number of alkyl halides is 3. The maximum absolute atomic E-state index is 12.6. The molecule has 1 aliphatic heterocycles. The molecule has 0 aromatic carbocycles. The molecule has 190 valence electrons. The first-order valence-electron chi connectivity index (χ1n) is 11.4. The number of halogens is 3. The molecule has 0 atom stereocenters. The molecule has 4 heterocycles. The summed E-state index contributed by atoms with van der Waals surface area (Å²) in [5.74, 6) is 1.16. The summed E-state index contributed by atoms with van der Waals surface area (Å²) in [5, 5.41) is 6.16. The first kappa shape index (κ1) is 25.3. The lowest BCUT2D eigenvalue weighted by Gasteiger charge is -2.41. The highest BCUT2D eigenvalue weighted by Crippen LogP contribution is 2.36. The first-order chi connectivity index (χ1) is 17.3. The van der Waals surface area contributed by atoms with Gasteiger partial charge in [-0.2, -0.15) is 0 Å². The van der Waals surface area contributed by atoms with E-state index in [9.17, 15) is 18.0 Å². The molecule has 36 heavy (non-hydrogen) atoms. The summed E-state index contributed by atoms with van der Waals surface area (Å²) in [6.07, 6.45) is 2.76. The van der Waals surface area contributed by atoms with E-state index < -0.39 is 12.1 Å². The largest absolute Gasteiger partial charge is 0.573 e. The number of hydrogen-bond donors (Lipinski definition) is 2. The van der Waals surface area contributed by atoms with Crippen molar-refractivity contribution >= 4 is 23.7 Å². The number of aromatic nitrogens is 4. The summed E-state index contributed by atoms with van der Waals surface area (Å²) in [6.45, 7) is 2.12. The van der Waals surface area contributed by atoms with Crippen LogP contribution in [-0.2, 0) is 4.79 Å². The number of anilines is 3. The van der Waals surface area contributed by atoms with E-state index in [4.69, 9.17) is 4.98 Å². The van der Waals surface area contributed by atoms with E-state index in [-0.39, 0.29) is 11.2 Å². The van der Waals surface area contributed by atoms with Crippen molar-refractivity contribution in [3.8, 4) is 17.1 Å². The van der Waals surface area contributed by atoms with Crippen LogP contribution in [0.15, 0.2) is 48.9 Å². The van der Waals surface area contributed by atoms with Gasteiger partial charge in [0.25, 0.3) is 0 Å². The highest BCUT2D eigenvalue weighted by atomic mass is 19.4. The zero-order valence-corrected chi connectivity index (χ0v) is 19.6. The van der Waals surface area contributed by atoms with Crippen molar-refractivity contribution in [2.75, 3.05) is 36.9 Å². The fourth-order valence-electron chi connectivity index (χ4n) is 4.31. The standard InChI is InChI=1S/C24H26F3N7O2/c1-28-16-23(7-12-35)5-10-34(11-6-23)21-14-20(32-22(33-21)17-3-2-8-29-15-17)31-19-13-18(4-9-30-19)36-24(25,26)27/h2-4,8-9,12-15,28H,5-7,10-11,16H2,1H3,(H,30,31,32,33). The smallest absolute Gasteiger partial charge is 0.406 e. The van der Waals surface area contributed by atoms with Crippen LogP contribution < -0.4 is 20.3 Å². The highest BCUT2D eigenvalue weighted by molar-refractivity contribution is 5.64. The van der Waals surface area contributed by atoms with Crippen LogP contribution in [0.25, 0.3) is 11.4 Å². The van der Waals surface area contributed by atoms with E-state index in [2.05, 4.69) is 35.2 Å². The molecule has 1 fully saturated rings. The Labute approximate surface area is 206 Å². The Morgan fingerprint density at radius 2 is 1.94 bits per heavy atom. The van der Waals surface area contributed by atoms with Crippen molar-refractivity contribution < 1.29 is 22.7 Å². The molecule has 9 nitrogen and oxygen atoms in total. The fourth-order valence-corrected chi connectivity index (χ4v) is 4.31. The molecule has 4 rings (SSSR count). The number of aldehydes is 1. The van der Waals surface area contributed by atoms with Gasteiger partial charge in [-0.25, -0.2) is 15.0 Å². The maximum atomic E-state index is 12.6. The molecule has 1 aliphatic rings. The summed E-state index contributed by atoms with van der Waals surface area (Å²) >= 11 is 0. The van der Waals surface area contributed by atoms with E-state index in [0.29, 0.717) is 42.5 Å². The van der Waals surface area contributed by atoms with E-state index in [1.807, 2.05) is 13.1 Å². The SMILES string of the molecule is CNCC1(CC=O)CCN(c2cc(Nc3cc(OC(F)(F)F)ccn3)nc(-c3cccnc3)n2)CC1. The van der Waals surface area contributed by atoms with Gasteiger partial charge >= 0.3 is 6.36 Å². The maximum Gasteiger partial charge on any atom is 0.573 e. The third-order valence-corrected chi connectivity index (χ3v) is 6.07. The minimum Gasteiger partial charge on any atom is -0.406 e. The fraction of sp³-hybridized carbons (Fsp3) is 0.375. The van der Waals surface area contributed by atoms with Crippen LogP contribution in [0.4, 0.5) is 30.6 Å². The Hall–Kier alpha value is -3.80. The number of piperidine rings is 1. The van der Waals surface area contributed by atoms with Gasteiger partial charge in [-0.05, 0) is 43.5 Å². The first-order valence-corrected chi connectivity index (χ1v) is 11.4. The number of carbonyl (C=O) groups excluding carboxylic acids is 1. The van der Waals surface area contributed by atoms with Gasteiger partial charge in [-0.15, -0.1) is 13.2 Å². The number of nitrogens with zero attached hydrogens (tertiary/aromatic N) is 5. The third kappa shape index (κ3) is 6.45. The zero-order chi connectivity index (χ0) is 25.6. The van der Waals surface area contributed by atoms with E-state index in [1.165, 1.54) is 6.20 Å². The van der Waals surface area contributed by atoms with Crippen molar-refractivity contribution in [2.24, 2.45) is 5.41 Å². The van der Waals surface area contributed by atoms with Gasteiger partial charge in [0.2, 0.25) is 0 Å². The van der Waals surface area contributed by atoms with Gasteiger partial charge < -0.3 is 25.1 Å². The highest BCUT2D eigenvalue weighted by Gasteiger charge is 2.34. The van der Waals surface area contributed by atoms with Crippen LogP contribution in [0.1, 0.15) is 19.3 Å². The summed E-state index contributed by atoms with van der Waals surface area (Å²) in [6, 6.07) is 7.58. The molecule has 2 N–H and O–H groups in total. The van der Waals surface area contributed by atoms with E-state index in [1.54, 1.807) is 24.5 Å². The number of carbonyl (C=O) groups is 1. The van der Waals surface area contributed by atoms with Crippen LogP contribution in [0.2, 0.25) is 0 Å². The predicted molar refractivity (Wildman–Crippen MR) is 128 cm³/mol. The minimum absolute atomic E-state index is 0.101. The lowest BCUT2D eigenvalue weighted by Crippen LogP contribution is -2.45. The summed E-state index contributed by atoms with van der Waals surface area (Å²) in [5.41, 5.74) is 0.586. The van der Waals surface area contributed by atoms with Gasteiger partial charge in [-0.1, -0.05) is 0 Å². The second-order valence-electron chi connectivity index (χ2n) is 8.61. The van der Waals surface area contributed by atoms with Crippen molar-refractivity contribution in [3.63, 3.8) is 0 Å². The monoisotopic (exact) mass is 501 g/mol. The molecule has 0 unspecified atom stereocenters. The topological polar surface area (TPSA) is 105 Å². The van der Waals surface area contributed by atoms with Crippen molar-refractivity contribution in [3.05, 3.63) is 48.9 Å². The molecular weight excluding hydrogens is 475 g/mol. The van der Waals surface area contributed by atoms with Crippen LogP contribution in [0.3, 0.4) is 0 Å². The van der Waals surface area contributed by atoms with Crippen molar-refractivity contribution in [1.82, 2.24) is 25.3 Å². The van der Waals surface area contributed by atoms with Crippen molar-refractivity contribution in [2.45, 2.75) is 25.6 Å². The Balaban J connectivity index is 1.62. The predicted octanol–water partition coefficient (Wildman–Crippen LogP) is 3.97. The normalized spacial score (nSPS) is 15.4. The van der Waals surface area contributed by atoms with Gasteiger partial charge in [-0.3, -0.25) is 4.98 Å². The summed E-state index contributed by atoms with van der Waals surface area (Å²) in [7, 11) is 1.88. The van der Waals surface area contributed by atoms with Crippen LogP contribution in [-0.4, -0.2) is 59.3 Å². The van der Waals surface area contributed by atoms with Gasteiger partial charge in [0.05, 0.1) is 0 Å². The van der Waals surface area contributed by atoms with E-state index in [0.717, 1.165) is 37.8 Å². The number of ether oxygens (including phenoxy) is 1. The quantitative estimate of drug-likeness (QED) is 0.421. The lowest BCUT2D eigenvalue weighted by molar-refractivity contribution is -0.274. The van der Waals surface area contributed by atoms with Crippen LogP contribution in [0.5, 0.6) is 5.75 Å². The molecule has 0 bridgehead atoms. The molecule has 0 aliphatic carbocycles. The molecule has 0 amide bonds. The molecule has 3 aromatic rings. The van der Waals surface area contributed by atoms with Crippen LogP contribution >= 0.6 is 0 Å². The van der Waals surface area contributed by atoms with Crippen LogP contribution in [0, 0.1) is 5.41 Å². The minimum atomic E-state index is -4.81. The molecule has 0 spiro atoms. The molecule has 0 radical (unpaired) electrons. The average molecular weight is 502 g/mol. The molecule has 3 aromatic heterocycles. The van der Waals surface area contributed by atoms with Crippen molar-refractivity contribution in [1.29, 1.82) is 0 Å². The molecule has 0 saturated carbocycles. The Bertz CT molecular complexity index is 1170. The van der Waals surface area contributed by atoms with Gasteiger partial charge in [0.15, 0.2) is 5.82 Å². The second kappa shape index (κ2) is 10.9. The number of rotatable bonds is 9. The summed E-state index contributed by atoms with van der Waals surface area (Å²) in [4.78, 5) is 30.9. The Kier molecular flexibility index (Phi) is 7.63. The number of hydrogen-bond acceptors (Lipinski definition) is 9. The zero-order valence-electron chi connectivity index (χ0n) is 19.6. The number of pyridine rings is 2. The van der Waals surface area contributed by atoms with E-state index >= 15 is 0 Å². The second-order valence-corrected chi connectivity index (χ2v) is 8.61. The third-order valence-electron chi connectivity index (χ3n) is 6.07. The molecule has 1 saturated heterocycles. The Morgan fingerprint density at radius 1 is 1.14 bits per heavy atom. The van der Waals surface area contributed by atoms with Gasteiger partial charge in [0, 0.05) is 62.3 Å². The number of nitrogens with one attached hydrogen (secondary N) is 2. The summed E-state index contributed by atoms with van der Waals surface area (Å²) < 4.78 is 41.9. The lowest BCUT2D eigenvalue weighted by atomic mass is 9.76. The van der Waals surface area contributed by atoms with Gasteiger partial charge in [0.1, 0.15) is 29.5 Å². The average Bonchev–Trinajstić information content (AvgIpc) is 2.84.